The van der Waals surface area contributed by atoms with Crippen molar-refractivity contribution in [2.75, 3.05) is 13.2 Å². The van der Waals surface area contributed by atoms with E-state index in [1.165, 1.54) is 29.3 Å². The fourth-order valence-electron chi connectivity index (χ4n) is 3.04. The Morgan fingerprint density at radius 2 is 1.77 bits per heavy atom. The molecule has 0 unspecified atom stereocenters. The lowest BCUT2D eigenvalue weighted by Crippen LogP contribution is -2.31. The van der Waals surface area contributed by atoms with Gasteiger partial charge in [-0.05, 0) is 74.6 Å². The Kier molecular flexibility index (Phi) is 8.29. The van der Waals surface area contributed by atoms with E-state index < -0.39 is 10.0 Å². The second kappa shape index (κ2) is 10.3. The maximum atomic E-state index is 12.3. The third kappa shape index (κ3) is 6.20. The highest BCUT2D eigenvalue weighted by molar-refractivity contribution is 7.89. The number of sulfonamides is 1. The zero-order valence-corrected chi connectivity index (χ0v) is 19.6. The number of benzene rings is 2. The van der Waals surface area contributed by atoms with E-state index in [0.717, 1.165) is 11.1 Å². The number of amides is 1. The average molecular weight is 453 g/mol. The average Bonchev–Trinajstić information content (AvgIpc) is 2.68. The zero-order chi connectivity index (χ0) is 22.5. The molecule has 30 heavy (non-hydrogen) atoms. The quantitative estimate of drug-likeness (QED) is 0.596. The fraction of sp³-hybridized carbons (Fsp3) is 0.409. The highest BCUT2D eigenvalue weighted by atomic mass is 35.5. The van der Waals surface area contributed by atoms with Crippen molar-refractivity contribution in [3.63, 3.8) is 0 Å². The van der Waals surface area contributed by atoms with Crippen molar-refractivity contribution in [3.8, 4) is 5.75 Å². The lowest BCUT2D eigenvalue weighted by molar-refractivity contribution is -0.123. The summed E-state index contributed by atoms with van der Waals surface area (Å²) in [5, 5.41) is 3.04. The molecule has 0 spiro atoms. The first kappa shape index (κ1) is 24.2. The Morgan fingerprint density at radius 1 is 1.10 bits per heavy atom. The minimum atomic E-state index is -3.62. The number of hydrogen-bond acceptors (Lipinski definition) is 4. The van der Waals surface area contributed by atoms with Crippen LogP contribution in [0.15, 0.2) is 35.2 Å². The molecular formula is C22H29ClN2O4S. The molecule has 0 fully saturated rings. The van der Waals surface area contributed by atoms with Gasteiger partial charge in [0.25, 0.3) is 5.91 Å². The summed E-state index contributed by atoms with van der Waals surface area (Å²) in [7, 11) is -3.62. The van der Waals surface area contributed by atoms with Gasteiger partial charge >= 0.3 is 0 Å². The molecule has 0 bridgehead atoms. The van der Waals surface area contributed by atoms with Gasteiger partial charge in [0, 0.05) is 6.54 Å². The molecule has 0 aliphatic carbocycles. The van der Waals surface area contributed by atoms with Gasteiger partial charge in [-0.1, -0.05) is 30.7 Å². The molecule has 2 rings (SSSR count). The molecular weight excluding hydrogens is 424 g/mol. The summed E-state index contributed by atoms with van der Waals surface area (Å²) >= 11 is 6.16. The number of nitrogens with one attached hydrogen (secondary N) is 2. The van der Waals surface area contributed by atoms with Gasteiger partial charge in [0.1, 0.15) is 5.75 Å². The Labute approximate surface area is 184 Å². The largest absolute Gasteiger partial charge is 0.482 e. The van der Waals surface area contributed by atoms with Crippen molar-refractivity contribution in [1.29, 1.82) is 0 Å². The Morgan fingerprint density at radius 3 is 2.40 bits per heavy atom. The van der Waals surface area contributed by atoms with Gasteiger partial charge in [-0.2, -0.15) is 0 Å². The number of ether oxygens (including phenoxy) is 1. The minimum absolute atomic E-state index is 0.0524. The molecule has 8 heteroatoms. The highest BCUT2D eigenvalue weighted by Crippen LogP contribution is 2.27. The Balaban J connectivity index is 2.00. The number of carbonyl (C=O) groups excluding carboxylic acids is 1. The monoisotopic (exact) mass is 452 g/mol. The molecule has 6 nitrogen and oxygen atoms in total. The van der Waals surface area contributed by atoms with Crippen LogP contribution < -0.4 is 14.8 Å². The van der Waals surface area contributed by atoms with E-state index >= 15 is 0 Å². The lowest BCUT2D eigenvalue weighted by Gasteiger charge is -2.19. The molecule has 0 radical (unpaired) electrons. The normalized spacial score (nSPS) is 12.5. The summed E-state index contributed by atoms with van der Waals surface area (Å²) in [6, 6.07) is 8.18. The molecule has 1 amide bonds. The molecule has 2 aromatic rings. The van der Waals surface area contributed by atoms with Crippen LogP contribution >= 0.6 is 11.6 Å². The smallest absolute Gasteiger partial charge is 0.258 e. The van der Waals surface area contributed by atoms with Crippen LogP contribution in [0.3, 0.4) is 0 Å². The van der Waals surface area contributed by atoms with Gasteiger partial charge in [0.2, 0.25) is 10.0 Å². The number of carbonyl (C=O) groups is 1. The molecule has 1 atom stereocenters. The topological polar surface area (TPSA) is 84.5 Å². The molecule has 0 heterocycles. The number of aryl methyl sites for hydroxylation is 3. The van der Waals surface area contributed by atoms with E-state index in [0.29, 0.717) is 13.0 Å². The first-order valence-electron chi connectivity index (χ1n) is 9.84. The molecule has 164 valence electrons. The third-order valence-corrected chi connectivity index (χ3v) is 6.59. The van der Waals surface area contributed by atoms with Gasteiger partial charge < -0.3 is 10.1 Å². The van der Waals surface area contributed by atoms with Gasteiger partial charge in [-0.25, -0.2) is 13.1 Å². The summed E-state index contributed by atoms with van der Waals surface area (Å²) in [4.78, 5) is 12.4. The van der Waals surface area contributed by atoms with Crippen LogP contribution in [0.4, 0.5) is 0 Å². The molecule has 0 saturated heterocycles. The molecule has 0 aliphatic rings. The van der Waals surface area contributed by atoms with Crippen molar-refractivity contribution in [3.05, 3.63) is 57.6 Å². The van der Waals surface area contributed by atoms with E-state index in [4.69, 9.17) is 16.3 Å². The molecule has 0 aliphatic heterocycles. The van der Waals surface area contributed by atoms with Crippen molar-refractivity contribution in [2.45, 2.75) is 52.0 Å². The Bertz CT molecular complexity index is 1020. The number of hydrogen-bond donors (Lipinski definition) is 2. The van der Waals surface area contributed by atoms with Crippen LogP contribution in [-0.2, 0) is 14.8 Å². The minimum Gasteiger partial charge on any atom is -0.482 e. The van der Waals surface area contributed by atoms with Crippen LogP contribution in [0.5, 0.6) is 5.75 Å². The fourth-order valence-corrected chi connectivity index (χ4v) is 4.50. The maximum absolute atomic E-state index is 12.3. The van der Waals surface area contributed by atoms with Crippen LogP contribution in [0.25, 0.3) is 0 Å². The summed E-state index contributed by atoms with van der Waals surface area (Å²) in [6.45, 7) is 10.0. The second-order valence-corrected chi connectivity index (χ2v) is 9.54. The summed E-state index contributed by atoms with van der Waals surface area (Å²) < 4.78 is 32.3. The predicted octanol–water partition coefficient (Wildman–Crippen LogP) is 4.21. The van der Waals surface area contributed by atoms with Crippen molar-refractivity contribution in [2.24, 2.45) is 0 Å². The van der Waals surface area contributed by atoms with Crippen molar-refractivity contribution >= 4 is 27.5 Å². The highest BCUT2D eigenvalue weighted by Gasteiger charge is 2.17. The van der Waals surface area contributed by atoms with Gasteiger partial charge in [0.05, 0.1) is 16.0 Å². The lowest BCUT2D eigenvalue weighted by atomic mass is 9.96. The standard InChI is InChI=1S/C22H29ClN2O4S/c1-6-9-24-30(27,28)18-7-8-21(20(23)12-18)29-13-22(26)25-17(5)19-11-15(3)14(2)10-16(19)4/h7-8,10-12,17,24H,6,9,13H2,1-5H3,(H,25,26)/t17-/m1/s1. The van der Waals surface area contributed by atoms with E-state index in [1.54, 1.807) is 0 Å². The van der Waals surface area contributed by atoms with Crippen LogP contribution in [-0.4, -0.2) is 27.5 Å². The predicted molar refractivity (Wildman–Crippen MR) is 120 cm³/mol. The SMILES string of the molecule is CCCNS(=O)(=O)c1ccc(OCC(=O)N[C@H](C)c2cc(C)c(C)cc2C)c(Cl)c1. The van der Waals surface area contributed by atoms with Crippen molar-refractivity contribution in [1.82, 2.24) is 10.0 Å². The van der Waals surface area contributed by atoms with E-state index in [-0.39, 0.29) is 34.2 Å². The molecule has 0 saturated carbocycles. The van der Waals surface area contributed by atoms with Gasteiger partial charge in [0.15, 0.2) is 6.61 Å². The van der Waals surface area contributed by atoms with E-state index in [1.807, 2.05) is 27.7 Å². The van der Waals surface area contributed by atoms with Gasteiger partial charge in [-0.15, -0.1) is 0 Å². The third-order valence-electron chi connectivity index (χ3n) is 4.84. The second-order valence-electron chi connectivity index (χ2n) is 7.36. The Hall–Kier alpha value is -2.09. The maximum Gasteiger partial charge on any atom is 0.258 e. The van der Waals surface area contributed by atoms with Crippen molar-refractivity contribution < 1.29 is 17.9 Å². The van der Waals surface area contributed by atoms with Gasteiger partial charge in [-0.3, -0.25) is 4.79 Å². The first-order chi connectivity index (χ1) is 14.0. The van der Waals surface area contributed by atoms with E-state index in [9.17, 15) is 13.2 Å². The van der Waals surface area contributed by atoms with E-state index in [2.05, 4.69) is 29.1 Å². The van der Waals surface area contributed by atoms with Crippen LogP contribution in [0, 0.1) is 20.8 Å². The summed E-state index contributed by atoms with van der Waals surface area (Å²) in [6.07, 6.45) is 0.684. The number of rotatable bonds is 9. The summed E-state index contributed by atoms with van der Waals surface area (Å²) in [5.41, 5.74) is 4.55. The molecule has 0 aromatic heterocycles. The van der Waals surface area contributed by atoms with Crippen LogP contribution in [0.2, 0.25) is 5.02 Å². The van der Waals surface area contributed by atoms with Crippen LogP contribution in [0.1, 0.15) is 48.6 Å². The number of halogens is 1. The molecule has 2 N–H and O–H groups in total. The summed E-state index contributed by atoms with van der Waals surface area (Å²) in [5.74, 6) is -0.0474. The zero-order valence-electron chi connectivity index (χ0n) is 18.0. The first-order valence-corrected chi connectivity index (χ1v) is 11.7. The molecule has 2 aromatic carbocycles.